The molecular formula is C23H24N6O2S. The fourth-order valence-electron chi connectivity index (χ4n) is 3.57. The smallest absolute Gasteiger partial charge is 0.247 e. The number of morpholine rings is 1. The van der Waals surface area contributed by atoms with Crippen LogP contribution in [0.4, 0.5) is 5.95 Å². The van der Waals surface area contributed by atoms with Gasteiger partial charge in [0.2, 0.25) is 17.7 Å². The first-order chi connectivity index (χ1) is 15.8. The molecule has 9 heteroatoms. The minimum absolute atomic E-state index is 0.0729. The lowest BCUT2D eigenvalue weighted by Crippen LogP contribution is -2.38. The zero-order chi connectivity index (χ0) is 21.8. The highest BCUT2D eigenvalue weighted by atomic mass is 32.2. The number of thioether (sulfide) groups is 1. The van der Waals surface area contributed by atoms with Gasteiger partial charge in [0, 0.05) is 18.7 Å². The molecule has 0 N–H and O–H groups in total. The lowest BCUT2D eigenvalue weighted by atomic mass is 10.2. The average molecular weight is 449 g/mol. The highest BCUT2D eigenvalue weighted by Crippen LogP contribution is 2.36. The second kappa shape index (κ2) is 9.54. The second-order valence-electron chi connectivity index (χ2n) is 7.53. The average Bonchev–Trinajstić information content (AvgIpc) is 3.49. The Bertz CT molecular complexity index is 1140. The molecule has 5 rings (SSSR count). The highest BCUT2D eigenvalue weighted by Gasteiger charge is 2.24. The summed E-state index contributed by atoms with van der Waals surface area (Å²) in [6.45, 7) is 5.73. The molecule has 1 fully saturated rings. The number of nitrogens with zero attached hydrogens (tertiary/aromatic N) is 6. The van der Waals surface area contributed by atoms with Gasteiger partial charge in [-0.15, -0.1) is 20.4 Å². The van der Waals surface area contributed by atoms with Crippen molar-refractivity contribution in [3.63, 3.8) is 0 Å². The number of hydrogen-bond acceptors (Lipinski definition) is 8. The van der Waals surface area contributed by atoms with E-state index in [-0.39, 0.29) is 5.25 Å². The highest BCUT2D eigenvalue weighted by molar-refractivity contribution is 7.99. The molecule has 4 aromatic rings. The Balaban J connectivity index is 1.40. The van der Waals surface area contributed by atoms with Crippen LogP contribution in [0.2, 0.25) is 0 Å². The van der Waals surface area contributed by atoms with E-state index in [4.69, 9.17) is 9.15 Å². The maximum Gasteiger partial charge on any atom is 0.247 e. The zero-order valence-corrected chi connectivity index (χ0v) is 18.6. The number of ether oxygens (including phenoxy) is 1. The first kappa shape index (κ1) is 20.7. The largest absolute Gasteiger partial charge is 0.419 e. The quantitative estimate of drug-likeness (QED) is 0.392. The minimum Gasteiger partial charge on any atom is -0.419 e. The standard InChI is InChI=1S/C23H24N6O2S/c1-17(20-24-25-21(31-20)19-10-6-3-7-11-19)32-23-27-26-22(28-12-14-30-15-13-28)29(23)16-18-8-4-2-5-9-18/h2-11,17H,12-16H2,1H3/t17-/m1/s1. The van der Waals surface area contributed by atoms with Gasteiger partial charge in [-0.1, -0.05) is 60.3 Å². The number of aromatic nitrogens is 5. The van der Waals surface area contributed by atoms with Crippen molar-refractivity contribution in [2.45, 2.75) is 23.9 Å². The molecule has 0 unspecified atom stereocenters. The Labute approximate surface area is 190 Å². The van der Waals surface area contributed by atoms with E-state index in [9.17, 15) is 0 Å². The molecule has 32 heavy (non-hydrogen) atoms. The first-order valence-corrected chi connectivity index (χ1v) is 11.5. The van der Waals surface area contributed by atoms with Crippen molar-refractivity contribution < 1.29 is 9.15 Å². The fourth-order valence-corrected chi connectivity index (χ4v) is 4.45. The molecule has 1 aliphatic heterocycles. The van der Waals surface area contributed by atoms with Crippen LogP contribution >= 0.6 is 11.8 Å². The van der Waals surface area contributed by atoms with E-state index in [2.05, 4.69) is 42.0 Å². The minimum atomic E-state index is -0.0729. The topological polar surface area (TPSA) is 82.1 Å². The molecule has 0 bridgehead atoms. The zero-order valence-electron chi connectivity index (χ0n) is 17.8. The van der Waals surface area contributed by atoms with Crippen molar-refractivity contribution in [1.29, 1.82) is 0 Å². The molecule has 0 radical (unpaired) electrons. The van der Waals surface area contributed by atoms with E-state index in [0.29, 0.717) is 31.5 Å². The Morgan fingerprint density at radius 3 is 2.38 bits per heavy atom. The van der Waals surface area contributed by atoms with Gasteiger partial charge in [-0.2, -0.15) is 0 Å². The fraction of sp³-hybridized carbons (Fsp3) is 0.304. The summed E-state index contributed by atoms with van der Waals surface area (Å²) in [5.41, 5.74) is 2.10. The second-order valence-corrected chi connectivity index (χ2v) is 8.83. The Morgan fingerprint density at radius 1 is 0.906 bits per heavy atom. The first-order valence-electron chi connectivity index (χ1n) is 10.6. The van der Waals surface area contributed by atoms with Gasteiger partial charge < -0.3 is 14.1 Å². The summed E-state index contributed by atoms with van der Waals surface area (Å²) in [6, 6.07) is 20.1. The summed E-state index contributed by atoms with van der Waals surface area (Å²) in [5.74, 6) is 1.95. The molecule has 0 amide bonds. The lowest BCUT2D eigenvalue weighted by molar-refractivity contribution is 0.121. The van der Waals surface area contributed by atoms with Crippen molar-refractivity contribution in [2.24, 2.45) is 0 Å². The summed E-state index contributed by atoms with van der Waals surface area (Å²) in [6.07, 6.45) is 0. The number of benzene rings is 2. The van der Waals surface area contributed by atoms with Crippen LogP contribution < -0.4 is 4.90 Å². The lowest BCUT2D eigenvalue weighted by Gasteiger charge is -2.28. The summed E-state index contributed by atoms with van der Waals surface area (Å²) < 4.78 is 13.6. The van der Waals surface area contributed by atoms with Crippen LogP contribution in [0.5, 0.6) is 0 Å². The van der Waals surface area contributed by atoms with Crippen LogP contribution in [0.1, 0.15) is 23.6 Å². The summed E-state index contributed by atoms with van der Waals surface area (Å²) in [5, 5.41) is 18.3. The van der Waals surface area contributed by atoms with E-state index in [1.54, 1.807) is 11.8 Å². The predicted octanol–water partition coefficient (Wildman–Crippen LogP) is 4.07. The molecule has 0 aliphatic carbocycles. The molecular weight excluding hydrogens is 424 g/mol. The Kier molecular flexibility index (Phi) is 6.17. The molecule has 1 atom stereocenters. The third-order valence-corrected chi connectivity index (χ3v) is 6.33. The van der Waals surface area contributed by atoms with E-state index < -0.39 is 0 Å². The normalized spacial score (nSPS) is 15.1. The maximum absolute atomic E-state index is 5.96. The van der Waals surface area contributed by atoms with Crippen molar-refractivity contribution in [1.82, 2.24) is 25.0 Å². The van der Waals surface area contributed by atoms with E-state index >= 15 is 0 Å². The summed E-state index contributed by atoms with van der Waals surface area (Å²) in [4.78, 5) is 2.23. The number of hydrogen-bond donors (Lipinski definition) is 0. The Hall–Kier alpha value is -3.17. The Morgan fingerprint density at radius 2 is 1.62 bits per heavy atom. The SMILES string of the molecule is C[C@@H](Sc1nnc(N2CCOCC2)n1Cc1ccccc1)c1nnc(-c2ccccc2)o1. The molecule has 8 nitrogen and oxygen atoms in total. The van der Waals surface area contributed by atoms with Gasteiger partial charge in [-0.25, -0.2) is 0 Å². The van der Waals surface area contributed by atoms with Crippen LogP contribution in [0.3, 0.4) is 0 Å². The maximum atomic E-state index is 5.96. The van der Waals surface area contributed by atoms with Crippen molar-refractivity contribution in [3.05, 3.63) is 72.1 Å². The third kappa shape index (κ3) is 4.53. The van der Waals surface area contributed by atoms with Gasteiger partial charge in [-0.3, -0.25) is 4.57 Å². The summed E-state index contributed by atoms with van der Waals surface area (Å²) >= 11 is 1.57. The van der Waals surface area contributed by atoms with E-state index in [1.807, 2.05) is 55.5 Å². The molecule has 0 saturated carbocycles. The van der Waals surface area contributed by atoms with Crippen molar-refractivity contribution >= 4 is 17.7 Å². The monoisotopic (exact) mass is 448 g/mol. The van der Waals surface area contributed by atoms with Crippen LogP contribution in [0.25, 0.3) is 11.5 Å². The van der Waals surface area contributed by atoms with Gasteiger partial charge in [0.25, 0.3) is 0 Å². The van der Waals surface area contributed by atoms with Gasteiger partial charge in [0.05, 0.1) is 25.0 Å². The molecule has 0 spiro atoms. The van der Waals surface area contributed by atoms with Crippen LogP contribution in [0, 0.1) is 0 Å². The summed E-state index contributed by atoms with van der Waals surface area (Å²) in [7, 11) is 0. The predicted molar refractivity (Wildman–Crippen MR) is 123 cm³/mol. The number of rotatable bonds is 7. The van der Waals surface area contributed by atoms with Crippen LogP contribution in [-0.2, 0) is 11.3 Å². The molecule has 1 saturated heterocycles. The molecule has 2 aromatic heterocycles. The van der Waals surface area contributed by atoms with Crippen LogP contribution in [0.15, 0.2) is 70.2 Å². The number of anilines is 1. The van der Waals surface area contributed by atoms with Gasteiger partial charge in [0.1, 0.15) is 0 Å². The van der Waals surface area contributed by atoms with Crippen molar-refractivity contribution in [3.8, 4) is 11.5 Å². The van der Waals surface area contributed by atoms with E-state index in [1.165, 1.54) is 5.56 Å². The van der Waals surface area contributed by atoms with Gasteiger partial charge in [-0.05, 0) is 24.6 Å². The van der Waals surface area contributed by atoms with Gasteiger partial charge >= 0.3 is 0 Å². The third-order valence-electron chi connectivity index (χ3n) is 5.27. The molecule has 3 heterocycles. The molecule has 2 aromatic carbocycles. The van der Waals surface area contributed by atoms with Gasteiger partial charge in [0.15, 0.2) is 5.16 Å². The van der Waals surface area contributed by atoms with Crippen LogP contribution in [-0.4, -0.2) is 51.3 Å². The molecule has 164 valence electrons. The van der Waals surface area contributed by atoms with Crippen molar-refractivity contribution in [2.75, 3.05) is 31.2 Å². The molecule has 1 aliphatic rings. The van der Waals surface area contributed by atoms with E-state index in [0.717, 1.165) is 29.8 Å².